The molecule has 0 amide bonds. The molecule has 0 aromatic rings. The van der Waals surface area contributed by atoms with E-state index in [-0.39, 0.29) is 18.6 Å². The molecule has 0 rings (SSSR count). The molecule has 0 aliphatic carbocycles. The summed E-state index contributed by atoms with van der Waals surface area (Å²) in [6, 6.07) is -0.0191. The van der Waals surface area contributed by atoms with Crippen LogP contribution in [-0.4, -0.2) is 25.2 Å². The predicted octanol–water partition coefficient (Wildman–Crippen LogP) is 0.941. The summed E-state index contributed by atoms with van der Waals surface area (Å²) in [6.07, 6.45) is 7.14. The molecule has 0 saturated heterocycles. The third kappa shape index (κ3) is 6.18. The van der Waals surface area contributed by atoms with Crippen molar-refractivity contribution < 1.29 is 9.53 Å². The standard InChI is InChI=1S/C10H17NO2/c1-4-7-9(5-2)11-8-10(12)13-6-3/h2,9,11H,4,6-8H2,1,3H3. The highest BCUT2D eigenvalue weighted by Crippen LogP contribution is 1.93. The van der Waals surface area contributed by atoms with Crippen LogP contribution < -0.4 is 5.32 Å². The van der Waals surface area contributed by atoms with Crippen LogP contribution in [0, 0.1) is 12.3 Å². The molecule has 0 fully saturated rings. The van der Waals surface area contributed by atoms with Crippen molar-refractivity contribution in [2.75, 3.05) is 13.2 Å². The summed E-state index contributed by atoms with van der Waals surface area (Å²) < 4.78 is 4.74. The lowest BCUT2D eigenvalue weighted by Crippen LogP contribution is -2.33. The Labute approximate surface area is 79.8 Å². The van der Waals surface area contributed by atoms with Crippen molar-refractivity contribution in [2.45, 2.75) is 32.7 Å². The van der Waals surface area contributed by atoms with Gasteiger partial charge in [0.2, 0.25) is 0 Å². The Bertz CT molecular complexity index is 184. The zero-order valence-corrected chi connectivity index (χ0v) is 8.30. The zero-order valence-electron chi connectivity index (χ0n) is 8.30. The minimum Gasteiger partial charge on any atom is -0.465 e. The lowest BCUT2D eigenvalue weighted by atomic mass is 10.2. The Hall–Kier alpha value is -1.01. The molecule has 3 nitrogen and oxygen atoms in total. The van der Waals surface area contributed by atoms with E-state index in [9.17, 15) is 4.79 Å². The van der Waals surface area contributed by atoms with Gasteiger partial charge in [-0.2, -0.15) is 0 Å². The minimum absolute atomic E-state index is 0.0191. The highest BCUT2D eigenvalue weighted by Gasteiger charge is 2.06. The fourth-order valence-electron chi connectivity index (χ4n) is 0.952. The van der Waals surface area contributed by atoms with Crippen LogP contribution in [0.4, 0.5) is 0 Å². The van der Waals surface area contributed by atoms with E-state index < -0.39 is 0 Å². The minimum atomic E-state index is -0.251. The van der Waals surface area contributed by atoms with Gasteiger partial charge in [-0.3, -0.25) is 10.1 Å². The second-order valence-electron chi connectivity index (χ2n) is 2.69. The van der Waals surface area contributed by atoms with Crippen LogP contribution in [0.25, 0.3) is 0 Å². The van der Waals surface area contributed by atoms with Gasteiger partial charge in [0.15, 0.2) is 0 Å². The molecule has 0 spiro atoms. The summed E-state index contributed by atoms with van der Waals surface area (Å²) in [6.45, 7) is 4.44. The highest BCUT2D eigenvalue weighted by atomic mass is 16.5. The number of terminal acetylenes is 1. The smallest absolute Gasteiger partial charge is 0.319 e. The first-order chi connectivity index (χ1) is 6.24. The molecule has 0 aromatic heterocycles. The van der Waals surface area contributed by atoms with Gasteiger partial charge in [0.1, 0.15) is 0 Å². The van der Waals surface area contributed by atoms with Crippen LogP contribution in [0.2, 0.25) is 0 Å². The number of nitrogens with one attached hydrogen (secondary N) is 1. The molecule has 0 bridgehead atoms. The van der Waals surface area contributed by atoms with E-state index in [2.05, 4.69) is 18.2 Å². The molecule has 0 saturated carbocycles. The zero-order chi connectivity index (χ0) is 10.1. The van der Waals surface area contributed by atoms with Gasteiger partial charge < -0.3 is 4.74 Å². The largest absolute Gasteiger partial charge is 0.465 e. The number of esters is 1. The van der Waals surface area contributed by atoms with Crippen LogP contribution in [-0.2, 0) is 9.53 Å². The van der Waals surface area contributed by atoms with Crippen LogP contribution in [0.15, 0.2) is 0 Å². The molecular weight excluding hydrogens is 166 g/mol. The van der Waals surface area contributed by atoms with Crippen LogP contribution in [0.3, 0.4) is 0 Å². The average molecular weight is 183 g/mol. The fourth-order valence-corrected chi connectivity index (χ4v) is 0.952. The van der Waals surface area contributed by atoms with Crippen molar-refractivity contribution in [3.8, 4) is 12.3 Å². The van der Waals surface area contributed by atoms with Gasteiger partial charge in [0.25, 0.3) is 0 Å². The molecule has 1 unspecified atom stereocenters. The number of carbonyl (C=O) groups excluding carboxylic acids is 1. The Kier molecular flexibility index (Phi) is 7.04. The molecule has 74 valence electrons. The monoisotopic (exact) mass is 183 g/mol. The maximum absolute atomic E-state index is 10.9. The highest BCUT2D eigenvalue weighted by molar-refractivity contribution is 5.71. The van der Waals surface area contributed by atoms with Gasteiger partial charge >= 0.3 is 5.97 Å². The van der Waals surface area contributed by atoms with Crippen molar-refractivity contribution in [1.29, 1.82) is 0 Å². The summed E-state index contributed by atoms with van der Waals surface area (Å²) in [5, 5.41) is 2.94. The Morgan fingerprint density at radius 2 is 2.31 bits per heavy atom. The Balaban J connectivity index is 3.60. The molecule has 0 radical (unpaired) electrons. The molecule has 0 aliphatic heterocycles. The van der Waals surface area contributed by atoms with E-state index in [0.29, 0.717) is 6.61 Å². The number of hydrogen-bond donors (Lipinski definition) is 1. The summed E-state index contributed by atoms with van der Waals surface area (Å²) >= 11 is 0. The van der Waals surface area contributed by atoms with E-state index in [1.807, 2.05) is 0 Å². The summed E-state index contributed by atoms with van der Waals surface area (Å²) in [5.74, 6) is 2.33. The van der Waals surface area contributed by atoms with Crippen LogP contribution in [0.1, 0.15) is 26.7 Å². The Morgan fingerprint density at radius 3 is 2.77 bits per heavy atom. The van der Waals surface area contributed by atoms with E-state index >= 15 is 0 Å². The van der Waals surface area contributed by atoms with Crippen molar-refractivity contribution >= 4 is 5.97 Å². The molecule has 0 aliphatic rings. The maximum Gasteiger partial charge on any atom is 0.319 e. The molecule has 13 heavy (non-hydrogen) atoms. The lowest BCUT2D eigenvalue weighted by molar-refractivity contribution is -0.142. The van der Waals surface area contributed by atoms with Crippen LogP contribution >= 0.6 is 0 Å². The number of ether oxygens (including phenoxy) is 1. The topological polar surface area (TPSA) is 38.3 Å². The average Bonchev–Trinajstić information content (AvgIpc) is 2.12. The normalized spacial score (nSPS) is 11.8. The van der Waals surface area contributed by atoms with Gasteiger partial charge in [0.05, 0.1) is 19.2 Å². The van der Waals surface area contributed by atoms with Gasteiger partial charge in [-0.15, -0.1) is 6.42 Å². The summed E-state index contributed by atoms with van der Waals surface area (Å²) in [7, 11) is 0. The van der Waals surface area contributed by atoms with Crippen molar-refractivity contribution in [3.63, 3.8) is 0 Å². The van der Waals surface area contributed by atoms with Crippen LogP contribution in [0.5, 0.6) is 0 Å². The fraction of sp³-hybridized carbons (Fsp3) is 0.700. The van der Waals surface area contributed by atoms with E-state index in [4.69, 9.17) is 11.2 Å². The Morgan fingerprint density at radius 1 is 1.62 bits per heavy atom. The molecule has 3 heteroatoms. The van der Waals surface area contributed by atoms with E-state index in [1.54, 1.807) is 6.92 Å². The molecule has 1 N–H and O–H groups in total. The third-order valence-electron chi connectivity index (χ3n) is 1.58. The van der Waals surface area contributed by atoms with Gasteiger partial charge in [-0.05, 0) is 13.3 Å². The molecule has 1 atom stereocenters. The SMILES string of the molecule is C#CC(CCC)NCC(=O)OCC. The number of rotatable bonds is 6. The molecule has 0 aromatic carbocycles. The van der Waals surface area contributed by atoms with Gasteiger partial charge in [-0.25, -0.2) is 0 Å². The lowest BCUT2D eigenvalue weighted by Gasteiger charge is -2.10. The van der Waals surface area contributed by atoms with Crippen molar-refractivity contribution in [2.24, 2.45) is 0 Å². The second-order valence-corrected chi connectivity index (χ2v) is 2.69. The summed E-state index contributed by atoms with van der Waals surface area (Å²) in [4.78, 5) is 10.9. The first-order valence-corrected chi connectivity index (χ1v) is 4.59. The maximum atomic E-state index is 10.9. The van der Waals surface area contributed by atoms with E-state index in [0.717, 1.165) is 12.8 Å². The molecular formula is C10H17NO2. The van der Waals surface area contributed by atoms with Crippen molar-refractivity contribution in [3.05, 3.63) is 0 Å². The van der Waals surface area contributed by atoms with E-state index in [1.165, 1.54) is 0 Å². The predicted molar refractivity (Wildman–Crippen MR) is 52.2 cm³/mol. The third-order valence-corrected chi connectivity index (χ3v) is 1.58. The number of carbonyl (C=O) groups is 1. The van der Waals surface area contributed by atoms with Gasteiger partial charge in [0, 0.05) is 0 Å². The number of hydrogen-bond acceptors (Lipinski definition) is 3. The van der Waals surface area contributed by atoms with Gasteiger partial charge in [-0.1, -0.05) is 19.3 Å². The first-order valence-electron chi connectivity index (χ1n) is 4.59. The first kappa shape index (κ1) is 12.0. The second kappa shape index (κ2) is 7.63. The quantitative estimate of drug-likeness (QED) is 0.492. The molecule has 0 heterocycles. The van der Waals surface area contributed by atoms with Crippen molar-refractivity contribution in [1.82, 2.24) is 5.32 Å². The summed E-state index contributed by atoms with van der Waals surface area (Å²) in [5.41, 5.74) is 0.